The van der Waals surface area contributed by atoms with Crippen molar-refractivity contribution in [2.24, 2.45) is 5.41 Å². The fraction of sp³-hybridized carbons (Fsp3) is 0.296. The number of pyridine rings is 1. The first-order valence-corrected chi connectivity index (χ1v) is 13.6. The number of nitrogens with zero attached hydrogens (tertiary/aromatic N) is 2. The Balaban J connectivity index is 1.67. The Morgan fingerprint density at radius 1 is 1.19 bits per heavy atom. The van der Waals surface area contributed by atoms with Crippen LogP contribution >= 0.6 is 27.7 Å². The van der Waals surface area contributed by atoms with Gasteiger partial charge in [0, 0.05) is 52.0 Å². The Morgan fingerprint density at radius 3 is 2.65 bits per heavy atom. The predicted molar refractivity (Wildman–Crippen MR) is 138 cm³/mol. The van der Waals surface area contributed by atoms with Crippen LogP contribution in [0.25, 0.3) is 0 Å². The predicted octanol–water partition coefficient (Wildman–Crippen LogP) is 5.51. The summed E-state index contributed by atoms with van der Waals surface area (Å²) in [6, 6.07) is 9.41. The third kappa shape index (κ3) is 3.67. The molecule has 0 unspecified atom stereocenters. The van der Waals surface area contributed by atoms with Crippen LogP contribution in [-0.2, 0) is 10.5 Å². The van der Waals surface area contributed by atoms with Gasteiger partial charge in [0.05, 0.1) is 11.5 Å². The average Bonchev–Trinajstić information content (AvgIpc) is 3.01. The molecule has 0 bridgehead atoms. The number of esters is 1. The second-order valence-corrected chi connectivity index (χ2v) is 11.5. The monoisotopic (exact) mass is 586 g/mol. The molecule has 1 fully saturated rings. The molecule has 6 rings (SSSR count). The molecule has 1 saturated carbocycles. The van der Waals surface area contributed by atoms with Crippen molar-refractivity contribution >= 4 is 39.4 Å². The first-order valence-electron chi connectivity index (χ1n) is 11.9. The number of Topliss-reactive ketones (excluding diaryl/α,β-unsaturated/α-hetero) is 1. The molecule has 1 aliphatic carbocycles. The summed E-state index contributed by atoms with van der Waals surface area (Å²) < 4.78 is 37.1. The van der Waals surface area contributed by atoms with E-state index in [4.69, 9.17) is 4.74 Å². The molecule has 2 aliphatic heterocycles. The number of thioether (sulfide) groups is 1. The second kappa shape index (κ2) is 8.80. The van der Waals surface area contributed by atoms with Crippen LogP contribution in [0, 0.1) is 17.0 Å². The Bertz CT molecular complexity index is 1550. The minimum atomic E-state index is -0.943. The molecule has 1 spiro atoms. The topological polar surface area (TPSA) is 68.6 Å². The maximum absolute atomic E-state index is 15.3. The Morgan fingerprint density at radius 2 is 1.95 bits per heavy atom. The number of carbonyl (C=O) groups is 2. The van der Waals surface area contributed by atoms with Gasteiger partial charge in [0.1, 0.15) is 0 Å². The van der Waals surface area contributed by atoms with Crippen LogP contribution in [0.5, 0.6) is 5.75 Å². The van der Waals surface area contributed by atoms with Gasteiger partial charge >= 0.3 is 5.97 Å². The van der Waals surface area contributed by atoms with Crippen LogP contribution in [0.1, 0.15) is 59.4 Å². The number of hydrogen-bond acceptors (Lipinski definition) is 6. The van der Waals surface area contributed by atoms with Gasteiger partial charge < -0.3 is 4.74 Å². The summed E-state index contributed by atoms with van der Waals surface area (Å²) in [7, 11) is 0. The van der Waals surface area contributed by atoms with Crippen LogP contribution in [0.4, 0.5) is 8.78 Å². The summed E-state index contributed by atoms with van der Waals surface area (Å²) in [5.74, 6) is -2.89. The number of ether oxygens (including phenoxy) is 1. The van der Waals surface area contributed by atoms with E-state index in [9.17, 15) is 18.8 Å². The molecule has 37 heavy (non-hydrogen) atoms. The Kier molecular flexibility index (Phi) is 5.80. The molecule has 0 amide bonds. The van der Waals surface area contributed by atoms with E-state index in [2.05, 4.69) is 15.9 Å². The van der Waals surface area contributed by atoms with Gasteiger partial charge in [-0.25, -0.2) is 8.78 Å². The fourth-order valence-corrected chi connectivity index (χ4v) is 7.40. The lowest BCUT2D eigenvalue weighted by atomic mass is 9.64. The minimum Gasteiger partial charge on any atom is -0.420 e. The quantitative estimate of drug-likeness (QED) is 0.291. The van der Waals surface area contributed by atoms with E-state index in [1.165, 1.54) is 30.9 Å². The standard InChI is InChI=1S/C27H21BrF2N2O4S/c1-14(33)36-25-19(34)7-10-31-24(25)26(35)27(8-4-9-27)13-32(31)23-15-5-2-3-6-20(15)37-12-16-21(23)17(28)11-18(29)22(16)30/h2-3,5-7,10-11,23H,4,8-9,12-13H2,1H3/t23-/m1/s1. The van der Waals surface area contributed by atoms with Gasteiger partial charge in [0.15, 0.2) is 23.1 Å². The summed E-state index contributed by atoms with van der Waals surface area (Å²) in [6.07, 6.45) is 3.55. The lowest BCUT2D eigenvalue weighted by Gasteiger charge is -2.51. The van der Waals surface area contributed by atoms with Gasteiger partial charge in [0.25, 0.3) is 0 Å². The van der Waals surface area contributed by atoms with Crippen LogP contribution in [0.3, 0.4) is 0 Å². The van der Waals surface area contributed by atoms with Crippen LogP contribution in [0.2, 0.25) is 0 Å². The molecular weight excluding hydrogens is 566 g/mol. The molecule has 2 aromatic carbocycles. The van der Waals surface area contributed by atoms with Crippen molar-refractivity contribution < 1.29 is 23.1 Å². The van der Waals surface area contributed by atoms with Crippen molar-refractivity contribution in [2.75, 3.05) is 11.6 Å². The van der Waals surface area contributed by atoms with Crippen LogP contribution < -0.4 is 15.2 Å². The lowest BCUT2D eigenvalue weighted by Crippen LogP contribution is -2.59. The zero-order chi connectivity index (χ0) is 26.1. The molecular formula is C27H21BrF2N2O4S. The molecule has 0 radical (unpaired) electrons. The molecule has 1 atom stereocenters. The summed E-state index contributed by atoms with van der Waals surface area (Å²) >= 11 is 4.91. The van der Waals surface area contributed by atoms with E-state index in [0.29, 0.717) is 29.4 Å². The average molecular weight is 587 g/mol. The number of benzene rings is 2. The minimum absolute atomic E-state index is 0.00304. The number of ketones is 1. The van der Waals surface area contributed by atoms with Crippen molar-refractivity contribution in [3.8, 4) is 5.75 Å². The third-order valence-electron chi connectivity index (χ3n) is 7.50. The summed E-state index contributed by atoms with van der Waals surface area (Å²) in [4.78, 5) is 39.4. The number of carbonyl (C=O) groups excluding carboxylic acids is 2. The molecule has 6 nitrogen and oxygen atoms in total. The van der Waals surface area contributed by atoms with Crippen molar-refractivity contribution in [1.82, 2.24) is 4.68 Å². The number of rotatable bonds is 2. The Labute approximate surface area is 223 Å². The van der Waals surface area contributed by atoms with Crippen LogP contribution in [-0.4, -0.2) is 23.0 Å². The second-order valence-electron chi connectivity index (χ2n) is 9.63. The molecule has 0 saturated heterocycles. The summed E-state index contributed by atoms with van der Waals surface area (Å²) in [5.41, 5.74) is 0.308. The van der Waals surface area contributed by atoms with Crippen molar-refractivity contribution in [3.63, 3.8) is 0 Å². The van der Waals surface area contributed by atoms with E-state index in [1.54, 1.807) is 4.68 Å². The van der Waals surface area contributed by atoms with Gasteiger partial charge in [-0.15, -0.1) is 11.8 Å². The highest BCUT2D eigenvalue weighted by atomic mass is 79.9. The largest absolute Gasteiger partial charge is 0.420 e. The molecule has 3 heterocycles. The Hall–Kier alpha value is -2.98. The van der Waals surface area contributed by atoms with Crippen molar-refractivity contribution in [1.29, 1.82) is 0 Å². The zero-order valence-electron chi connectivity index (χ0n) is 19.7. The molecule has 10 heteroatoms. The number of fused-ring (bicyclic) bond motifs is 3. The lowest BCUT2D eigenvalue weighted by molar-refractivity contribution is -0.132. The van der Waals surface area contributed by atoms with E-state index in [0.717, 1.165) is 22.9 Å². The van der Waals surface area contributed by atoms with E-state index in [1.807, 2.05) is 29.3 Å². The van der Waals surface area contributed by atoms with E-state index < -0.39 is 34.5 Å². The number of aromatic nitrogens is 1. The van der Waals surface area contributed by atoms with Gasteiger partial charge in [-0.2, -0.15) is 0 Å². The molecule has 3 aliphatic rings. The molecule has 0 N–H and O–H groups in total. The van der Waals surface area contributed by atoms with Crippen molar-refractivity contribution in [3.05, 3.63) is 91.3 Å². The number of halogens is 3. The highest BCUT2D eigenvalue weighted by molar-refractivity contribution is 9.10. The van der Waals surface area contributed by atoms with E-state index in [-0.39, 0.29) is 28.5 Å². The van der Waals surface area contributed by atoms with Crippen LogP contribution in [0.15, 0.2) is 56.8 Å². The highest BCUT2D eigenvalue weighted by Crippen LogP contribution is 2.52. The maximum Gasteiger partial charge on any atom is 0.308 e. The maximum atomic E-state index is 15.3. The third-order valence-corrected chi connectivity index (χ3v) is 9.27. The molecule has 1 aromatic heterocycles. The molecule has 190 valence electrons. The first-order chi connectivity index (χ1) is 17.7. The van der Waals surface area contributed by atoms with Gasteiger partial charge in [-0.1, -0.05) is 40.5 Å². The summed E-state index contributed by atoms with van der Waals surface area (Å²) in [6.45, 7) is 1.48. The van der Waals surface area contributed by atoms with E-state index >= 15 is 4.39 Å². The van der Waals surface area contributed by atoms with Gasteiger partial charge in [-0.3, -0.25) is 24.1 Å². The first kappa shape index (κ1) is 24.4. The summed E-state index contributed by atoms with van der Waals surface area (Å²) in [5, 5.41) is 1.92. The van der Waals surface area contributed by atoms with Crippen molar-refractivity contribution in [2.45, 2.75) is 42.9 Å². The number of hydrogen-bond donors (Lipinski definition) is 0. The van der Waals surface area contributed by atoms with Gasteiger partial charge in [-0.05, 0) is 30.5 Å². The van der Waals surface area contributed by atoms with Gasteiger partial charge in [0.2, 0.25) is 11.2 Å². The zero-order valence-corrected chi connectivity index (χ0v) is 22.1. The highest BCUT2D eigenvalue weighted by Gasteiger charge is 2.53. The SMILES string of the molecule is CC(=O)Oc1c2n(ccc1=O)N([C@@H]1c3ccccc3SCc3c(F)c(F)cc(Br)c31)CC1(CCC1)C2=O. The fourth-order valence-electron chi connectivity index (χ4n) is 5.64. The normalized spacial score (nSPS) is 19.4. The molecule has 3 aromatic rings. The smallest absolute Gasteiger partial charge is 0.308 e.